The molecule has 0 radical (unpaired) electrons. The highest BCUT2D eigenvalue weighted by Gasteiger charge is 2.50. The third kappa shape index (κ3) is 9.33. The summed E-state index contributed by atoms with van der Waals surface area (Å²) in [6.45, 7) is 13.8. The molecule has 0 fully saturated rings. The van der Waals surface area contributed by atoms with E-state index in [9.17, 15) is 0 Å². The highest BCUT2D eigenvalue weighted by atomic mass is 32.1. The Morgan fingerprint density at radius 1 is 0.290 bits per heavy atom. The summed E-state index contributed by atoms with van der Waals surface area (Å²) in [6, 6.07) is 115. The van der Waals surface area contributed by atoms with Crippen LogP contribution in [-0.2, 0) is 16.2 Å². The number of hydrogen-bond acceptors (Lipinski definition) is 4. The lowest BCUT2D eigenvalue weighted by atomic mass is 9.67. The maximum atomic E-state index is 2.63. The Bertz CT molecular complexity index is 5510. The molecule has 446 valence electrons. The van der Waals surface area contributed by atoms with E-state index in [1.54, 1.807) is 0 Å². The van der Waals surface area contributed by atoms with E-state index in [4.69, 9.17) is 0 Å². The van der Waals surface area contributed by atoms with Gasteiger partial charge in [-0.15, -0.1) is 22.7 Å². The monoisotopic (exact) mass is 1230 g/mol. The van der Waals surface area contributed by atoms with Crippen LogP contribution >= 0.6 is 22.7 Å². The Labute approximate surface area is 552 Å². The summed E-state index contributed by atoms with van der Waals surface area (Å²) in [5, 5.41) is 10.0. The molecule has 0 amide bonds. The van der Waals surface area contributed by atoms with Gasteiger partial charge in [-0.3, -0.25) is 0 Å². The van der Waals surface area contributed by atoms with Crippen LogP contribution in [0.3, 0.4) is 0 Å². The minimum atomic E-state index is -0.818. The Morgan fingerprint density at radius 3 is 1.13 bits per heavy atom. The first-order valence-electron chi connectivity index (χ1n) is 32.5. The smallest absolute Gasteiger partial charge is 0.0715 e. The van der Waals surface area contributed by atoms with E-state index in [1.807, 2.05) is 22.7 Å². The molecule has 14 aromatic carbocycles. The number of anilines is 6. The third-order valence-electron chi connectivity index (χ3n) is 19.6. The van der Waals surface area contributed by atoms with E-state index in [2.05, 4.69) is 355 Å². The van der Waals surface area contributed by atoms with Gasteiger partial charge in [-0.05, 0) is 179 Å². The van der Waals surface area contributed by atoms with Gasteiger partial charge in [0.25, 0.3) is 0 Å². The van der Waals surface area contributed by atoms with Crippen molar-refractivity contribution < 1.29 is 0 Å². The second-order valence-electron chi connectivity index (χ2n) is 27.2. The quantitative estimate of drug-likeness (QED) is 0.135. The zero-order chi connectivity index (χ0) is 62.7. The van der Waals surface area contributed by atoms with Crippen molar-refractivity contribution in [3.8, 4) is 33.4 Å². The highest BCUT2D eigenvalue weighted by molar-refractivity contribution is 7.27. The fraction of sp³-hybridized carbons (Fsp3) is 0.101. The molecular formula is C89H68N2S2. The first-order chi connectivity index (χ1) is 45.4. The Balaban J connectivity index is 0.980. The second-order valence-corrected chi connectivity index (χ2v) is 29.3. The van der Waals surface area contributed by atoms with Crippen molar-refractivity contribution in [1.29, 1.82) is 0 Å². The van der Waals surface area contributed by atoms with Crippen molar-refractivity contribution in [1.82, 2.24) is 0 Å². The van der Waals surface area contributed by atoms with E-state index in [-0.39, 0.29) is 10.8 Å². The van der Waals surface area contributed by atoms with E-state index in [0.29, 0.717) is 0 Å². The number of benzene rings is 14. The van der Waals surface area contributed by atoms with Crippen LogP contribution in [0, 0.1) is 0 Å². The third-order valence-corrected chi connectivity index (χ3v) is 22.0. The summed E-state index contributed by atoms with van der Waals surface area (Å²) in [5.74, 6) is 0. The molecule has 0 N–H and O–H groups in total. The van der Waals surface area contributed by atoms with E-state index in [0.717, 1.165) is 34.1 Å². The molecule has 17 rings (SSSR count). The van der Waals surface area contributed by atoms with Crippen molar-refractivity contribution in [2.75, 3.05) is 9.80 Å². The molecule has 0 spiro atoms. The van der Waals surface area contributed by atoms with Gasteiger partial charge in [0, 0.05) is 64.0 Å². The number of hydrogen-bond donors (Lipinski definition) is 0. The second kappa shape index (κ2) is 21.9. The number of fused-ring (bicyclic) bond motifs is 13. The molecule has 1 aliphatic rings. The Morgan fingerprint density at radius 2 is 0.656 bits per heavy atom. The molecule has 93 heavy (non-hydrogen) atoms. The normalized spacial score (nSPS) is 12.9. The average molecular weight is 1230 g/mol. The first-order valence-corrected chi connectivity index (χ1v) is 34.1. The predicted molar refractivity (Wildman–Crippen MR) is 402 cm³/mol. The van der Waals surface area contributed by atoms with Gasteiger partial charge in [0.2, 0.25) is 0 Å². The molecule has 1 aliphatic carbocycles. The number of nitrogens with zero attached hydrogens (tertiary/aromatic N) is 2. The van der Waals surface area contributed by atoms with Crippen molar-refractivity contribution in [2.24, 2.45) is 0 Å². The van der Waals surface area contributed by atoms with Gasteiger partial charge in [-0.25, -0.2) is 0 Å². The SMILES string of the molecule is CC(C)(C)c1ccc(N(c2ccc(-c3ccc4ccccc4c3)cc2)c2cc3c(c4c2sc2ccccc24)-c2c(cc(N(c4ccc(-c5ccc6ccccc6c5)cc4)c4ccc(C(C)(C)C)cc4)c4c2sc2ccccc24)C3(c2ccccc2)c2ccccc2)cc1. The maximum Gasteiger partial charge on any atom is 0.0715 e. The molecule has 2 aromatic heterocycles. The summed E-state index contributed by atoms with van der Waals surface area (Å²) < 4.78 is 5.06. The predicted octanol–water partition coefficient (Wildman–Crippen LogP) is 26.0. The van der Waals surface area contributed by atoms with E-state index in [1.165, 1.54) is 129 Å². The fourth-order valence-corrected chi connectivity index (χ4v) is 17.4. The molecule has 0 atom stereocenters. The fourth-order valence-electron chi connectivity index (χ4n) is 14.9. The molecule has 0 bridgehead atoms. The number of rotatable bonds is 10. The van der Waals surface area contributed by atoms with Gasteiger partial charge in [0.05, 0.1) is 21.5 Å². The Kier molecular flexibility index (Phi) is 13.3. The van der Waals surface area contributed by atoms with Gasteiger partial charge in [0.15, 0.2) is 0 Å². The Hall–Kier alpha value is -10.4. The minimum absolute atomic E-state index is 0.0303. The molecule has 0 saturated carbocycles. The minimum Gasteiger partial charge on any atom is -0.310 e. The molecule has 4 heteroatoms. The molecule has 0 saturated heterocycles. The van der Waals surface area contributed by atoms with Crippen LogP contribution in [0.4, 0.5) is 34.1 Å². The van der Waals surface area contributed by atoms with Crippen LogP contribution in [0.2, 0.25) is 0 Å². The molecule has 2 heterocycles. The molecule has 2 nitrogen and oxygen atoms in total. The lowest BCUT2D eigenvalue weighted by molar-refractivity contribution is 0.590. The van der Waals surface area contributed by atoms with Crippen LogP contribution in [0.15, 0.2) is 303 Å². The lowest BCUT2D eigenvalue weighted by Gasteiger charge is -2.36. The van der Waals surface area contributed by atoms with E-state index >= 15 is 0 Å². The van der Waals surface area contributed by atoms with E-state index < -0.39 is 5.41 Å². The summed E-state index contributed by atoms with van der Waals surface area (Å²) in [4.78, 5) is 5.12. The van der Waals surface area contributed by atoms with Gasteiger partial charge in [0.1, 0.15) is 0 Å². The van der Waals surface area contributed by atoms with Crippen molar-refractivity contribution in [3.63, 3.8) is 0 Å². The van der Waals surface area contributed by atoms with Crippen LogP contribution in [0.1, 0.15) is 74.9 Å². The molecule has 0 aliphatic heterocycles. The van der Waals surface area contributed by atoms with Crippen LogP contribution in [-0.4, -0.2) is 0 Å². The van der Waals surface area contributed by atoms with Gasteiger partial charge < -0.3 is 9.80 Å². The van der Waals surface area contributed by atoms with Crippen LogP contribution < -0.4 is 9.80 Å². The van der Waals surface area contributed by atoms with Gasteiger partial charge in [-0.1, -0.05) is 260 Å². The number of thiophene rings is 2. The maximum absolute atomic E-state index is 2.63. The largest absolute Gasteiger partial charge is 0.310 e. The summed E-state index contributed by atoms with van der Waals surface area (Å²) in [7, 11) is 0. The summed E-state index contributed by atoms with van der Waals surface area (Å²) in [6.07, 6.45) is 0. The first kappa shape index (κ1) is 56.6. The highest BCUT2D eigenvalue weighted by Crippen LogP contribution is 2.66. The lowest BCUT2D eigenvalue weighted by Crippen LogP contribution is -2.29. The average Bonchev–Trinajstić information content (AvgIpc) is 1.51. The van der Waals surface area contributed by atoms with Crippen LogP contribution in [0.25, 0.3) is 95.3 Å². The zero-order valence-electron chi connectivity index (χ0n) is 53.1. The van der Waals surface area contributed by atoms with Crippen molar-refractivity contribution in [2.45, 2.75) is 57.8 Å². The van der Waals surface area contributed by atoms with Gasteiger partial charge >= 0.3 is 0 Å². The van der Waals surface area contributed by atoms with Crippen molar-refractivity contribution in [3.05, 3.63) is 337 Å². The van der Waals surface area contributed by atoms with Crippen LogP contribution in [0.5, 0.6) is 0 Å². The zero-order valence-corrected chi connectivity index (χ0v) is 54.7. The van der Waals surface area contributed by atoms with Gasteiger partial charge in [-0.2, -0.15) is 0 Å². The molecular weight excluding hydrogens is 1160 g/mol. The standard InChI is InChI=1S/C89H68N2S2/c1-87(2,3)65-41-49-71(50-42-65)90(69-45-37-59(38-46-69)63-35-33-57-21-13-15-23-61(57)53-63)77-55-76-84(86-81(77)73-29-17-19-31-79(73)93-86)83-75(89(76,67-25-9-7-10-26-67)68-27-11-8-12-28-68)56-78(85-82(83)74-30-18-20-32-80(74)92-85)91(72-51-43-66(44-52-72)88(4,5)6)70-47-39-60(40-48-70)64-36-34-58-22-14-16-24-62(58)54-64/h7-56H,1-6H3. The molecule has 0 unspecified atom stereocenters. The molecule has 16 aromatic rings. The van der Waals surface area contributed by atoms with Crippen molar-refractivity contribution >= 4 is 119 Å². The summed E-state index contributed by atoms with van der Waals surface area (Å²) in [5.41, 5.74) is 20.7. The topological polar surface area (TPSA) is 6.48 Å². The summed E-state index contributed by atoms with van der Waals surface area (Å²) >= 11 is 3.86.